The Kier molecular flexibility index (Phi) is 5.31. The number of nitrogens with one attached hydrogen (secondary N) is 1. The van der Waals surface area contributed by atoms with Crippen LogP contribution in [0.25, 0.3) is 0 Å². The second kappa shape index (κ2) is 8.05. The first-order valence-corrected chi connectivity index (χ1v) is 9.74. The van der Waals surface area contributed by atoms with Gasteiger partial charge in [-0.3, -0.25) is 19.3 Å². The molecule has 7 heteroatoms. The number of fused-ring (bicyclic) bond motifs is 1. The van der Waals surface area contributed by atoms with Gasteiger partial charge in [-0.15, -0.1) is 0 Å². The molecule has 0 aromatic heterocycles. The van der Waals surface area contributed by atoms with Crippen molar-refractivity contribution < 1.29 is 19.1 Å². The normalized spacial score (nSPS) is 18.7. The maximum absolute atomic E-state index is 12.3. The van der Waals surface area contributed by atoms with Crippen molar-refractivity contribution in [2.75, 3.05) is 36.5 Å². The Labute approximate surface area is 169 Å². The van der Waals surface area contributed by atoms with Crippen LogP contribution in [-0.4, -0.2) is 55.0 Å². The van der Waals surface area contributed by atoms with Crippen molar-refractivity contribution in [1.82, 2.24) is 4.90 Å². The summed E-state index contributed by atoms with van der Waals surface area (Å²) in [4.78, 5) is 40.4. The van der Waals surface area contributed by atoms with E-state index in [1.807, 2.05) is 24.3 Å². The predicted molar refractivity (Wildman–Crippen MR) is 109 cm³/mol. The van der Waals surface area contributed by atoms with E-state index in [-0.39, 0.29) is 36.8 Å². The zero-order chi connectivity index (χ0) is 20.4. The Hall–Kier alpha value is -3.19. The molecule has 0 radical (unpaired) electrons. The van der Waals surface area contributed by atoms with Crippen molar-refractivity contribution in [3.63, 3.8) is 0 Å². The fraction of sp³-hybridized carbons (Fsp3) is 0.318. The number of nitrogens with zero attached hydrogens (tertiary/aromatic N) is 2. The minimum atomic E-state index is -0.345. The van der Waals surface area contributed by atoms with Gasteiger partial charge < -0.3 is 15.0 Å². The van der Waals surface area contributed by atoms with Gasteiger partial charge in [0.15, 0.2) is 0 Å². The summed E-state index contributed by atoms with van der Waals surface area (Å²) in [6.45, 7) is 4.50. The molecule has 2 aromatic rings. The van der Waals surface area contributed by atoms with Gasteiger partial charge in [0.25, 0.3) is 11.8 Å². The van der Waals surface area contributed by atoms with Crippen LogP contribution in [0.5, 0.6) is 0 Å². The summed E-state index contributed by atoms with van der Waals surface area (Å²) in [5, 5.41) is 2.82. The van der Waals surface area contributed by atoms with Crippen molar-refractivity contribution in [1.29, 1.82) is 0 Å². The van der Waals surface area contributed by atoms with Crippen LogP contribution in [0.4, 0.5) is 11.4 Å². The largest absolute Gasteiger partial charge is 0.375 e. The van der Waals surface area contributed by atoms with Crippen LogP contribution in [0.2, 0.25) is 0 Å². The van der Waals surface area contributed by atoms with Gasteiger partial charge in [-0.05, 0) is 43.3 Å². The molecule has 1 unspecified atom stereocenters. The van der Waals surface area contributed by atoms with E-state index in [4.69, 9.17) is 4.74 Å². The van der Waals surface area contributed by atoms with Crippen molar-refractivity contribution >= 4 is 29.1 Å². The second-order valence-electron chi connectivity index (χ2n) is 7.28. The molecule has 2 aliphatic heterocycles. The molecule has 150 valence electrons. The van der Waals surface area contributed by atoms with Crippen molar-refractivity contribution in [2.24, 2.45) is 0 Å². The van der Waals surface area contributed by atoms with Gasteiger partial charge in [0.1, 0.15) is 0 Å². The Morgan fingerprint density at radius 1 is 1.07 bits per heavy atom. The fourth-order valence-electron chi connectivity index (χ4n) is 3.69. The summed E-state index contributed by atoms with van der Waals surface area (Å²) in [6, 6.07) is 14.4. The van der Waals surface area contributed by atoms with Crippen molar-refractivity contribution in [3.8, 4) is 0 Å². The maximum atomic E-state index is 12.3. The number of carbonyl (C=O) groups is 3. The fourth-order valence-corrected chi connectivity index (χ4v) is 3.69. The van der Waals surface area contributed by atoms with E-state index in [2.05, 4.69) is 17.1 Å². The molecule has 0 aliphatic carbocycles. The van der Waals surface area contributed by atoms with Crippen LogP contribution in [0.15, 0.2) is 48.5 Å². The van der Waals surface area contributed by atoms with Crippen molar-refractivity contribution in [2.45, 2.75) is 19.4 Å². The number of anilines is 2. The average molecular weight is 393 g/mol. The minimum absolute atomic E-state index is 0.0498. The minimum Gasteiger partial charge on any atom is -0.375 e. The standard InChI is InChI=1S/C22H23N3O4/c1-15-14-24(12-13-29-15)17-8-6-16(7-9-17)23-20(26)10-11-25-21(27)18-4-2-3-5-19(18)22(25)28/h2-9,15H,10-14H2,1H3,(H,23,26). The first-order chi connectivity index (χ1) is 14.0. The van der Waals surface area contributed by atoms with E-state index in [1.165, 1.54) is 0 Å². The molecule has 3 amide bonds. The van der Waals surface area contributed by atoms with Crippen LogP contribution in [0.3, 0.4) is 0 Å². The summed E-state index contributed by atoms with van der Waals surface area (Å²) in [5.74, 6) is -0.931. The number of hydrogen-bond acceptors (Lipinski definition) is 5. The number of imide groups is 1. The molecule has 29 heavy (non-hydrogen) atoms. The zero-order valence-electron chi connectivity index (χ0n) is 16.3. The lowest BCUT2D eigenvalue weighted by molar-refractivity contribution is -0.116. The smallest absolute Gasteiger partial charge is 0.261 e. The first kappa shape index (κ1) is 19.1. The molecule has 1 atom stereocenters. The molecule has 0 saturated carbocycles. The van der Waals surface area contributed by atoms with Gasteiger partial charge in [-0.25, -0.2) is 0 Å². The highest BCUT2D eigenvalue weighted by atomic mass is 16.5. The van der Waals surface area contributed by atoms with Crippen LogP contribution < -0.4 is 10.2 Å². The number of carbonyl (C=O) groups excluding carboxylic acids is 3. The van der Waals surface area contributed by atoms with Gasteiger partial charge >= 0.3 is 0 Å². The van der Waals surface area contributed by atoms with Gasteiger partial charge in [-0.2, -0.15) is 0 Å². The number of morpholine rings is 1. The molecular weight excluding hydrogens is 370 g/mol. The third-order valence-electron chi connectivity index (χ3n) is 5.20. The zero-order valence-corrected chi connectivity index (χ0v) is 16.3. The topological polar surface area (TPSA) is 79.0 Å². The Bertz CT molecular complexity index is 906. The van der Waals surface area contributed by atoms with Crippen LogP contribution in [-0.2, 0) is 9.53 Å². The van der Waals surface area contributed by atoms with Crippen LogP contribution in [0.1, 0.15) is 34.1 Å². The molecule has 0 bridgehead atoms. The lowest BCUT2D eigenvalue weighted by Crippen LogP contribution is -2.41. The van der Waals surface area contributed by atoms with E-state index < -0.39 is 0 Å². The third kappa shape index (κ3) is 4.00. The Morgan fingerprint density at radius 2 is 1.72 bits per heavy atom. The van der Waals surface area contributed by atoms with Gasteiger partial charge in [0.05, 0.1) is 23.8 Å². The monoisotopic (exact) mass is 393 g/mol. The van der Waals surface area contributed by atoms with Gasteiger partial charge in [0.2, 0.25) is 5.91 Å². The molecule has 4 rings (SSSR count). The number of benzene rings is 2. The molecule has 1 fully saturated rings. The number of amides is 3. The number of rotatable bonds is 5. The van der Waals surface area contributed by atoms with Gasteiger partial charge in [-0.1, -0.05) is 12.1 Å². The van der Waals surface area contributed by atoms with E-state index in [1.54, 1.807) is 24.3 Å². The highest BCUT2D eigenvalue weighted by molar-refractivity contribution is 6.21. The summed E-state index contributed by atoms with van der Waals surface area (Å²) >= 11 is 0. The van der Waals surface area contributed by atoms with E-state index in [0.29, 0.717) is 23.4 Å². The molecule has 1 N–H and O–H groups in total. The number of ether oxygens (including phenoxy) is 1. The highest BCUT2D eigenvalue weighted by Gasteiger charge is 2.34. The van der Waals surface area contributed by atoms with Gasteiger partial charge in [0, 0.05) is 37.4 Å². The predicted octanol–water partition coefficient (Wildman–Crippen LogP) is 2.54. The van der Waals surface area contributed by atoms with Crippen LogP contribution >= 0.6 is 0 Å². The van der Waals surface area contributed by atoms with E-state index >= 15 is 0 Å². The average Bonchev–Trinajstić information content (AvgIpc) is 2.97. The quantitative estimate of drug-likeness (QED) is 0.790. The number of hydrogen-bond donors (Lipinski definition) is 1. The summed E-state index contributed by atoms with van der Waals surface area (Å²) in [6.07, 6.45) is 0.249. The lowest BCUT2D eigenvalue weighted by Gasteiger charge is -2.33. The molecule has 0 spiro atoms. The Morgan fingerprint density at radius 3 is 2.34 bits per heavy atom. The van der Waals surface area contributed by atoms with Crippen molar-refractivity contribution in [3.05, 3.63) is 59.7 Å². The molecule has 2 aliphatic rings. The summed E-state index contributed by atoms with van der Waals surface area (Å²) in [5.41, 5.74) is 2.56. The first-order valence-electron chi connectivity index (χ1n) is 9.74. The molecule has 1 saturated heterocycles. The summed E-state index contributed by atoms with van der Waals surface area (Å²) < 4.78 is 5.56. The Balaban J connectivity index is 1.31. The molecule has 2 aromatic carbocycles. The molecular formula is C22H23N3O4. The maximum Gasteiger partial charge on any atom is 0.261 e. The molecule has 2 heterocycles. The molecule has 7 nitrogen and oxygen atoms in total. The highest BCUT2D eigenvalue weighted by Crippen LogP contribution is 2.23. The lowest BCUT2D eigenvalue weighted by atomic mass is 10.1. The third-order valence-corrected chi connectivity index (χ3v) is 5.20. The van der Waals surface area contributed by atoms with E-state index in [9.17, 15) is 14.4 Å². The SMILES string of the molecule is CC1CN(c2ccc(NC(=O)CCN3C(=O)c4ccccc4C3=O)cc2)CCO1. The van der Waals surface area contributed by atoms with E-state index in [0.717, 1.165) is 23.7 Å². The second-order valence-corrected chi connectivity index (χ2v) is 7.28. The summed E-state index contributed by atoms with van der Waals surface area (Å²) in [7, 11) is 0. The van der Waals surface area contributed by atoms with Crippen LogP contribution in [0, 0.1) is 0 Å².